The number of nitrogens with one attached hydrogen (secondary N) is 1. The van der Waals surface area contributed by atoms with E-state index in [1.54, 1.807) is 36.9 Å². The predicted molar refractivity (Wildman–Crippen MR) is 122 cm³/mol. The van der Waals surface area contributed by atoms with E-state index in [1.165, 1.54) is 13.2 Å². The van der Waals surface area contributed by atoms with Crippen molar-refractivity contribution in [2.45, 2.75) is 19.3 Å². The summed E-state index contributed by atoms with van der Waals surface area (Å²) < 4.78 is 39.5. The van der Waals surface area contributed by atoms with E-state index in [0.717, 1.165) is 6.20 Å². The van der Waals surface area contributed by atoms with Gasteiger partial charge in [0, 0.05) is 25.7 Å². The normalized spacial score (nSPS) is 12.6. The summed E-state index contributed by atoms with van der Waals surface area (Å²) in [4.78, 5) is 21.1. The third kappa shape index (κ3) is 4.38. The number of methoxy groups -OCH3 is 1. The molecular formula is C24H21F2N7O3. The Bertz CT molecular complexity index is 1490. The van der Waals surface area contributed by atoms with Crippen LogP contribution in [0.5, 0.6) is 5.88 Å². The quantitative estimate of drug-likeness (QED) is 0.416. The standard InChI is InChI=1S/C24H21F2N7O3/c1-13-20(23(35-4)33(3)31-13)24(2,19-7-5-6-15(10-27)30-19)12-29-22(34)17-9-18(36-32-17)21-16(26)8-14(25)11-28-21/h5-9,11H,12H2,1-4H3,(H,29,34). The van der Waals surface area contributed by atoms with Gasteiger partial charge in [0.1, 0.15) is 23.3 Å². The van der Waals surface area contributed by atoms with Crippen LogP contribution in [0.4, 0.5) is 8.78 Å². The number of carbonyl (C=O) groups excluding carboxylic acids is 1. The Hall–Kier alpha value is -4.66. The SMILES string of the molecule is COc1c(C(C)(CNC(=O)c2cc(-c3ncc(F)cc3F)on2)c2cccc(C#N)n2)c(C)nn1C. The minimum Gasteiger partial charge on any atom is -0.481 e. The summed E-state index contributed by atoms with van der Waals surface area (Å²) in [5.41, 5.74) is 0.664. The molecule has 10 nitrogen and oxygen atoms in total. The van der Waals surface area contributed by atoms with Crippen molar-refractivity contribution >= 4 is 5.91 Å². The molecule has 4 heterocycles. The molecule has 0 fully saturated rings. The second-order valence-corrected chi connectivity index (χ2v) is 8.19. The lowest BCUT2D eigenvalue weighted by molar-refractivity contribution is 0.0937. The molecule has 0 bridgehead atoms. The highest BCUT2D eigenvalue weighted by Gasteiger charge is 2.38. The van der Waals surface area contributed by atoms with Crippen molar-refractivity contribution in [3.8, 4) is 23.4 Å². The number of carbonyl (C=O) groups is 1. The third-order valence-corrected chi connectivity index (χ3v) is 5.73. The van der Waals surface area contributed by atoms with Crippen LogP contribution in [0.25, 0.3) is 11.5 Å². The average Bonchev–Trinajstić information content (AvgIpc) is 3.46. The van der Waals surface area contributed by atoms with Gasteiger partial charge in [-0.25, -0.2) is 23.4 Å². The second-order valence-electron chi connectivity index (χ2n) is 8.19. The van der Waals surface area contributed by atoms with Crippen molar-refractivity contribution in [3.63, 3.8) is 0 Å². The number of aryl methyl sites for hydroxylation is 2. The largest absolute Gasteiger partial charge is 0.481 e. The fourth-order valence-corrected chi connectivity index (χ4v) is 4.06. The Morgan fingerprint density at radius 2 is 2.11 bits per heavy atom. The van der Waals surface area contributed by atoms with Crippen molar-refractivity contribution in [1.29, 1.82) is 5.26 Å². The van der Waals surface area contributed by atoms with Gasteiger partial charge in [0.05, 0.1) is 35.7 Å². The van der Waals surface area contributed by atoms with Gasteiger partial charge in [-0.2, -0.15) is 10.4 Å². The molecule has 1 amide bonds. The summed E-state index contributed by atoms with van der Waals surface area (Å²) in [6, 6.07) is 8.91. The summed E-state index contributed by atoms with van der Waals surface area (Å²) in [6.07, 6.45) is 0.831. The Kier molecular flexibility index (Phi) is 6.48. The molecule has 0 spiro atoms. The molecule has 0 aliphatic carbocycles. The molecular weight excluding hydrogens is 472 g/mol. The lowest BCUT2D eigenvalue weighted by Gasteiger charge is -2.30. The summed E-state index contributed by atoms with van der Waals surface area (Å²) in [5, 5.41) is 20.3. The highest BCUT2D eigenvalue weighted by atomic mass is 19.1. The van der Waals surface area contributed by atoms with Crippen molar-refractivity contribution < 1.29 is 22.8 Å². The van der Waals surface area contributed by atoms with Crippen molar-refractivity contribution in [2.24, 2.45) is 7.05 Å². The molecule has 1 unspecified atom stereocenters. The number of aromatic nitrogens is 5. The van der Waals surface area contributed by atoms with E-state index in [0.29, 0.717) is 28.9 Å². The van der Waals surface area contributed by atoms with Gasteiger partial charge in [-0.1, -0.05) is 11.2 Å². The van der Waals surface area contributed by atoms with Gasteiger partial charge in [0.25, 0.3) is 5.91 Å². The van der Waals surface area contributed by atoms with Crippen LogP contribution < -0.4 is 10.1 Å². The molecule has 1 N–H and O–H groups in total. The predicted octanol–water partition coefficient (Wildman–Crippen LogP) is 3.07. The Labute approximate surface area is 204 Å². The lowest BCUT2D eigenvalue weighted by atomic mass is 9.78. The van der Waals surface area contributed by atoms with Crippen LogP contribution in [0.2, 0.25) is 0 Å². The van der Waals surface area contributed by atoms with Crippen LogP contribution in [0, 0.1) is 29.9 Å². The molecule has 0 aliphatic rings. The number of hydrogen-bond acceptors (Lipinski definition) is 8. The summed E-state index contributed by atoms with van der Waals surface area (Å²) >= 11 is 0. The molecule has 36 heavy (non-hydrogen) atoms. The first-order valence-corrected chi connectivity index (χ1v) is 10.7. The van der Waals surface area contributed by atoms with Crippen LogP contribution in [0.15, 0.2) is 41.1 Å². The maximum atomic E-state index is 14.1. The number of nitriles is 1. The van der Waals surface area contributed by atoms with Gasteiger partial charge >= 0.3 is 0 Å². The second kappa shape index (κ2) is 9.53. The van der Waals surface area contributed by atoms with Crippen LogP contribution >= 0.6 is 0 Å². The van der Waals surface area contributed by atoms with Gasteiger partial charge in [0.15, 0.2) is 17.3 Å². The first-order chi connectivity index (χ1) is 17.2. The topological polar surface area (TPSA) is 132 Å². The van der Waals surface area contributed by atoms with Gasteiger partial charge in [-0.3, -0.25) is 4.79 Å². The Balaban J connectivity index is 1.67. The molecule has 0 radical (unpaired) electrons. The Morgan fingerprint density at radius 3 is 2.81 bits per heavy atom. The lowest BCUT2D eigenvalue weighted by Crippen LogP contribution is -2.41. The van der Waals surface area contributed by atoms with Crippen molar-refractivity contribution in [3.05, 3.63) is 76.5 Å². The highest BCUT2D eigenvalue weighted by Crippen LogP contribution is 2.38. The molecule has 0 saturated carbocycles. The number of pyridine rings is 2. The molecule has 0 saturated heterocycles. The van der Waals surface area contributed by atoms with E-state index in [2.05, 4.69) is 25.5 Å². The van der Waals surface area contributed by atoms with Crippen LogP contribution in [-0.4, -0.2) is 44.5 Å². The van der Waals surface area contributed by atoms with E-state index in [1.807, 2.05) is 13.0 Å². The smallest absolute Gasteiger partial charge is 0.273 e. The summed E-state index contributed by atoms with van der Waals surface area (Å²) in [7, 11) is 3.24. The zero-order chi connectivity index (χ0) is 26.0. The third-order valence-electron chi connectivity index (χ3n) is 5.73. The summed E-state index contributed by atoms with van der Waals surface area (Å²) in [5.74, 6) is -2.07. The van der Waals surface area contributed by atoms with E-state index >= 15 is 0 Å². The zero-order valence-corrected chi connectivity index (χ0v) is 19.8. The van der Waals surface area contributed by atoms with Crippen LogP contribution in [-0.2, 0) is 12.5 Å². The highest BCUT2D eigenvalue weighted by molar-refractivity contribution is 5.93. The maximum Gasteiger partial charge on any atom is 0.273 e. The molecule has 0 aliphatic heterocycles. The fourth-order valence-electron chi connectivity index (χ4n) is 4.06. The van der Waals surface area contributed by atoms with Gasteiger partial charge in [-0.05, 0) is 26.0 Å². The molecule has 4 rings (SSSR count). The van der Waals surface area contributed by atoms with E-state index in [-0.39, 0.29) is 29.4 Å². The van der Waals surface area contributed by atoms with E-state index in [9.17, 15) is 18.8 Å². The average molecular weight is 493 g/mol. The van der Waals surface area contributed by atoms with Gasteiger partial charge < -0.3 is 14.6 Å². The minimum atomic E-state index is -0.969. The van der Waals surface area contributed by atoms with Crippen LogP contribution in [0.1, 0.15) is 40.1 Å². The van der Waals surface area contributed by atoms with Crippen LogP contribution in [0.3, 0.4) is 0 Å². The summed E-state index contributed by atoms with van der Waals surface area (Å²) in [6.45, 7) is 3.66. The van der Waals surface area contributed by atoms with Gasteiger partial charge in [-0.15, -0.1) is 0 Å². The first-order valence-electron chi connectivity index (χ1n) is 10.7. The molecule has 4 aromatic heterocycles. The number of amides is 1. The molecule has 184 valence electrons. The van der Waals surface area contributed by atoms with Gasteiger partial charge in [0.2, 0.25) is 5.88 Å². The van der Waals surface area contributed by atoms with E-state index < -0.39 is 23.0 Å². The molecule has 0 aromatic carbocycles. The monoisotopic (exact) mass is 493 g/mol. The zero-order valence-electron chi connectivity index (χ0n) is 19.8. The Morgan fingerprint density at radius 1 is 1.33 bits per heavy atom. The van der Waals surface area contributed by atoms with Crippen molar-refractivity contribution in [1.82, 2.24) is 30.2 Å². The number of ether oxygens (including phenoxy) is 1. The maximum absolute atomic E-state index is 14.1. The number of hydrogen-bond donors (Lipinski definition) is 1. The molecule has 4 aromatic rings. The number of nitrogens with zero attached hydrogens (tertiary/aromatic N) is 6. The first kappa shape index (κ1) is 24.5. The number of halogens is 2. The molecule has 12 heteroatoms. The minimum absolute atomic E-state index is 0.0158. The van der Waals surface area contributed by atoms with E-state index in [4.69, 9.17) is 9.26 Å². The molecule has 1 atom stereocenters. The van der Waals surface area contributed by atoms with Crippen molar-refractivity contribution in [2.75, 3.05) is 13.7 Å². The number of rotatable bonds is 7. The fraction of sp³-hybridized carbons (Fsp3) is 0.250.